The van der Waals surface area contributed by atoms with E-state index >= 15 is 0 Å². The zero-order valence-electron chi connectivity index (χ0n) is 12.8. The SMILES string of the molecule is CC(C)(C)[S+]([O-])NC(c1ccc(Cl)cc1)c1ccc(Cl)cc1. The molecule has 0 aliphatic heterocycles. The summed E-state index contributed by atoms with van der Waals surface area (Å²) in [5.41, 5.74) is 2.01. The molecule has 0 heterocycles. The number of halogens is 2. The van der Waals surface area contributed by atoms with E-state index in [9.17, 15) is 4.55 Å². The summed E-state index contributed by atoms with van der Waals surface area (Å²) in [6.07, 6.45) is 0. The molecule has 0 fully saturated rings. The van der Waals surface area contributed by atoms with Gasteiger partial charge in [-0.25, -0.2) is 0 Å². The van der Waals surface area contributed by atoms with E-state index in [1.807, 2.05) is 69.3 Å². The first kappa shape index (κ1) is 17.6. The minimum absolute atomic E-state index is 0.186. The Hall–Kier alpha value is -0.710. The summed E-state index contributed by atoms with van der Waals surface area (Å²) in [6.45, 7) is 5.82. The number of hydrogen-bond donors (Lipinski definition) is 1. The van der Waals surface area contributed by atoms with Crippen LogP contribution >= 0.6 is 23.2 Å². The molecule has 1 unspecified atom stereocenters. The maximum atomic E-state index is 12.5. The topological polar surface area (TPSA) is 35.1 Å². The van der Waals surface area contributed by atoms with Gasteiger partial charge in [-0.15, -0.1) is 4.72 Å². The summed E-state index contributed by atoms with van der Waals surface area (Å²) in [4.78, 5) is 0. The van der Waals surface area contributed by atoms with Gasteiger partial charge in [0, 0.05) is 21.4 Å². The number of rotatable bonds is 4. The third kappa shape index (κ3) is 4.64. The van der Waals surface area contributed by atoms with Gasteiger partial charge in [0.1, 0.15) is 10.8 Å². The van der Waals surface area contributed by atoms with Crippen LogP contribution < -0.4 is 4.72 Å². The fourth-order valence-electron chi connectivity index (χ4n) is 1.92. The minimum atomic E-state index is -1.20. The van der Waals surface area contributed by atoms with Gasteiger partial charge < -0.3 is 4.55 Å². The molecular weight excluding hydrogens is 337 g/mol. The molecule has 0 spiro atoms. The fraction of sp³-hybridized carbons (Fsp3) is 0.294. The lowest BCUT2D eigenvalue weighted by Crippen LogP contribution is -2.41. The van der Waals surface area contributed by atoms with E-state index in [0.29, 0.717) is 10.0 Å². The first-order valence-corrected chi connectivity index (χ1v) is 8.87. The lowest BCUT2D eigenvalue weighted by atomic mass is 10.00. The van der Waals surface area contributed by atoms with Gasteiger partial charge in [0.25, 0.3) is 0 Å². The average molecular weight is 356 g/mol. The molecule has 2 aromatic carbocycles. The first-order valence-electron chi connectivity index (χ1n) is 6.96. The summed E-state index contributed by atoms with van der Waals surface area (Å²) < 4.78 is 15.4. The van der Waals surface area contributed by atoms with E-state index in [2.05, 4.69) is 4.72 Å². The van der Waals surface area contributed by atoms with Gasteiger partial charge in [-0.1, -0.05) is 47.5 Å². The molecule has 0 radical (unpaired) electrons. The van der Waals surface area contributed by atoms with Crippen molar-refractivity contribution in [3.63, 3.8) is 0 Å². The summed E-state index contributed by atoms with van der Waals surface area (Å²) in [5, 5.41) is 1.35. The van der Waals surface area contributed by atoms with Crippen LogP contribution in [-0.4, -0.2) is 9.30 Å². The van der Waals surface area contributed by atoms with Crippen molar-refractivity contribution in [2.45, 2.75) is 31.6 Å². The molecule has 0 aromatic heterocycles. The summed E-state index contributed by atoms with van der Waals surface area (Å²) in [5.74, 6) is 0. The van der Waals surface area contributed by atoms with Crippen LogP contribution in [0.2, 0.25) is 10.0 Å². The predicted molar refractivity (Wildman–Crippen MR) is 95.8 cm³/mol. The normalized spacial score (nSPS) is 13.4. The van der Waals surface area contributed by atoms with Gasteiger partial charge in [0.2, 0.25) is 0 Å². The van der Waals surface area contributed by atoms with Crippen molar-refractivity contribution < 1.29 is 4.55 Å². The largest absolute Gasteiger partial charge is 0.598 e. The maximum Gasteiger partial charge on any atom is 0.136 e. The highest BCUT2D eigenvalue weighted by atomic mass is 35.5. The Balaban J connectivity index is 2.36. The molecular formula is C17H19Cl2NOS. The number of nitrogens with one attached hydrogen (secondary N) is 1. The van der Waals surface area contributed by atoms with E-state index in [1.54, 1.807) is 0 Å². The highest BCUT2D eigenvalue weighted by Gasteiger charge is 2.30. The zero-order valence-corrected chi connectivity index (χ0v) is 15.1. The van der Waals surface area contributed by atoms with Crippen molar-refractivity contribution in [2.24, 2.45) is 0 Å². The predicted octanol–water partition coefficient (Wildman–Crippen LogP) is 5.13. The number of benzene rings is 2. The van der Waals surface area contributed by atoms with Crippen LogP contribution in [0.1, 0.15) is 37.9 Å². The first-order chi connectivity index (χ1) is 10.3. The molecule has 1 atom stereocenters. The lowest BCUT2D eigenvalue weighted by molar-refractivity contribution is 0.535. The standard InChI is InChI=1S/C17H19Cl2NOS/c1-17(2,3)22(21)20-16(12-4-8-14(18)9-5-12)13-6-10-15(19)11-7-13/h4-11,16,20H,1-3H3. The van der Waals surface area contributed by atoms with Gasteiger partial charge in [0.15, 0.2) is 0 Å². The van der Waals surface area contributed by atoms with E-state index in [1.165, 1.54) is 0 Å². The Labute approximate surface area is 145 Å². The third-order valence-electron chi connectivity index (χ3n) is 3.19. The molecule has 22 heavy (non-hydrogen) atoms. The van der Waals surface area contributed by atoms with Crippen LogP contribution in [0.25, 0.3) is 0 Å². The van der Waals surface area contributed by atoms with Crippen LogP contribution in [0.15, 0.2) is 48.5 Å². The molecule has 0 aliphatic rings. The quantitative estimate of drug-likeness (QED) is 0.771. The van der Waals surface area contributed by atoms with Crippen LogP contribution in [0, 0.1) is 0 Å². The Morgan fingerprint density at radius 2 is 1.23 bits per heavy atom. The fourth-order valence-corrected chi connectivity index (χ4v) is 3.01. The highest BCUT2D eigenvalue weighted by molar-refractivity contribution is 7.90. The third-order valence-corrected chi connectivity index (χ3v) is 5.25. The zero-order chi connectivity index (χ0) is 16.3. The number of hydrogen-bond acceptors (Lipinski definition) is 2. The van der Waals surface area contributed by atoms with E-state index in [4.69, 9.17) is 23.2 Å². The van der Waals surface area contributed by atoms with Crippen molar-refractivity contribution in [3.05, 3.63) is 69.7 Å². The van der Waals surface area contributed by atoms with E-state index < -0.39 is 11.4 Å². The molecule has 118 valence electrons. The highest BCUT2D eigenvalue weighted by Crippen LogP contribution is 2.27. The molecule has 2 rings (SSSR count). The molecule has 0 amide bonds. The second kappa shape index (κ2) is 7.24. The van der Waals surface area contributed by atoms with Crippen molar-refractivity contribution in [1.29, 1.82) is 0 Å². The summed E-state index contributed by atoms with van der Waals surface area (Å²) in [7, 11) is 0. The van der Waals surface area contributed by atoms with Gasteiger partial charge in [-0.3, -0.25) is 0 Å². The second-order valence-electron chi connectivity index (χ2n) is 6.04. The second-order valence-corrected chi connectivity index (χ2v) is 8.91. The monoisotopic (exact) mass is 355 g/mol. The van der Waals surface area contributed by atoms with Crippen molar-refractivity contribution >= 4 is 34.6 Å². The Bertz CT molecular complexity index is 563. The maximum absolute atomic E-state index is 12.5. The van der Waals surface area contributed by atoms with Crippen molar-refractivity contribution in [2.75, 3.05) is 0 Å². The Morgan fingerprint density at radius 1 is 0.864 bits per heavy atom. The molecule has 2 aromatic rings. The minimum Gasteiger partial charge on any atom is -0.598 e. The molecule has 5 heteroatoms. The molecule has 2 nitrogen and oxygen atoms in total. The summed E-state index contributed by atoms with van der Waals surface area (Å²) in [6, 6.07) is 14.9. The average Bonchev–Trinajstić information content (AvgIpc) is 2.46. The molecule has 0 bridgehead atoms. The van der Waals surface area contributed by atoms with Crippen molar-refractivity contribution in [3.8, 4) is 0 Å². The van der Waals surface area contributed by atoms with E-state index in [0.717, 1.165) is 11.1 Å². The van der Waals surface area contributed by atoms with Crippen LogP contribution in [0.3, 0.4) is 0 Å². The molecule has 1 N–H and O–H groups in total. The van der Waals surface area contributed by atoms with Gasteiger partial charge in [-0.2, -0.15) is 0 Å². The summed E-state index contributed by atoms with van der Waals surface area (Å²) >= 11 is 10.7. The van der Waals surface area contributed by atoms with E-state index in [-0.39, 0.29) is 10.8 Å². The molecule has 0 aliphatic carbocycles. The van der Waals surface area contributed by atoms with Gasteiger partial charge >= 0.3 is 0 Å². The molecule has 0 saturated heterocycles. The Kier molecular flexibility index (Phi) is 5.81. The van der Waals surface area contributed by atoms with Gasteiger partial charge in [0.05, 0.1) is 0 Å². The van der Waals surface area contributed by atoms with Crippen LogP contribution in [-0.2, 0) is 11.4 Å². The smallest absolute Gasteiger partial charge is 0.136 e. The Morgan fingerprint density at radius 3 is 1.55 bits per heavy atom. The molecule has 0 saturated carbocycles. The van der Waals surface area contributed by atoms with Crippen LogP contribution in [0.5, 0.6) is 0 Å². The lowest BCUT2D eigenvalue weighted by Gasteiger charge is -2.28. The van der Waals surface area contributed by atoms with Crippen LogP contribution in [0.4, 0.5) is 0 Å². The van der Waals surface area contributed by atoms with Crippen molar-refractivity contribution in [1.82, 2.24) is 4.72 Å². The van der Waals surface area contributed by atoms with Gasteiger partial charge in [-0.05, 0) is 56.2 Å².